The van der Waals surface area contributed by atoms with Crippen molar-refractivity contribution in [3.05, 3.63) is 40.2 Å². The summed E-state index contributed by atoms with van der Waals surface area (Å²) in [6.45, 7) is 3.69. The Kier molecular flexibility index (Phi) is 6.96. The quantitative estimate of drug-likeness (QED) is 0.758. The van der Waals surface area contributed by atoms with E-state index in [4.69, 9.17) is 19.2 Å². The first-order chi connectivity index (χ1) is 15.2. The van der Waals surface area contributed by atoms with Gasteiger partial charge in [-0.1, -0.05) is 12.8 Å². The van der Waals surface area contributed by atoms with Crippen LogP contribution in [0.15, 0.2) is 29.1 Å². The molecule has 0 saturated carbocycles. The van der Waals surface area contributed by atoms with Gasteiger partial charge in [-0.2, -0.15) is 4.98 Å². The number of benzene rings is 1. The molecular formula is C23H32N4O4. The maximum absolute atomic E-state index is 12.5. The summed E-state index contributed by atoms with van der Waals surface area (Å²) in [6.07, 6.45) is 5.24. The first-order valence-corrected chi connectivity index (χ1v) is 11.1. The molecule has 2 aromatic rings. The number of rotatable bonds is 6. The van der Waals surface area contributed by atoms with Gasteiger partial charge in [0.25, 0.3) is 5.56 Å². The molecule has 0 amide bonds. The lowest BCUT2D eigenvalue weighted by atomic mass is 10.00. The monoisotopic (exact) mass is 428 g/mol. The smallest absolute Gasteiger partial charge is 0.254 e. The van der Waals surface area contributed by atoms with Crippen molar-refractivity contribution in [2.75, 3.05) is 56.9 Å². The van der Waals surface area contributed by atoms with Crippen LogP contribution < -0.4 is 24.8 Å². The molecule has 1 aromatic carbocycles. The Bertz CT molecular complexity index is 926. The van der Waals surface area contributed by atoms with Crippen LogP contribution in [0.3, 0.4) is 0 Å². The number of H-pyrrole nitrogens is 1. The van der Waals surface area contributed by atoms with Crippen LogP contribution >= 0.6 is 0 Å². The predicted octanol–water partition coefficient (Wildman–Crippen LogP) is 2.62. The Morgan fingerprint density at radius 3 is 2.71 bits per heavy atom. The lowest BCUT2D eigenvalue weighted by Crippen LogP contribution is -2.41. The van der Waals surface area contributed by atoms with Crippen LogP contribution in [0.2, 0.25) is 0 Å². The molecule has 1 atom stereocenters. The zero-order chi connectivity index (χ0) is 21.6. The van der Waals surface area contributed by atoms with E-state index in [9.17, 15) is 4.79 Å². The first-order valence-electron chi connectivity index (χ1n) is 11.1. The van der Waals surface area contributed by atoms with Gasteiger partial charge in [-0.25, -0.2) is 0 Å². The Hall–Kier alpha value is -2.74. The van der Waals surface area contributed by atoms with Gasteiger partial charge < -0.3 is 24.0 Å². The average molecular weight is 429 g/mol. The fraction of sp³-hybridized carbons (Fsp3) is 0.565. The summed E-state index contributed by atoms with van der Waals surface area (Å²) >= 11 is 0. The predicted molar refractivity (Wildman–Crippen MR) is 121 cm³/mol. The number of hydrogen-bond acceptors (Lipinski definition) is 7. The zero-order valence-corrected chi connectivity index (χ0v) is 18.4. The van der Waals surface area contributed by atoms with E-state index in [1.807, 2.05) is 18.2 Å². The van der Waals surface area contributed by atoms with Crippen molar-refractivity contribution in [3.63, 3.8) is 0 Å². The van der Waals surface area contributed by atoms with E-state index in [0.29, 0.717) is 19.2 Å². The van der Waals surface area contributed by atoms with Gasteiger partial charge in [0.15, 0.2) is 0 Å². The number of methoxy groups -OCH3 is 2. The van der Waals surface area contributed by atoms with Crippen molar-refractivity contribution in [2.24, 2.45) is 0 Å². The molecule has 0 spiro atoms. The topological polar surface area (TPSA) is 79.9 Å². The van der Waals surface area contributed by atoms with Crippen LogP contribution in [-0.4, -0.2) is 63.1 Å². The van der Waals surface area contributed by atoms with Crippen LogP contribution in [0.5, 0.6) is 11.5 Å². The number of aromatic amines is 1. The highest BCUT2D eigenvalue weighted by Crippen LogP contribution is 2.30. The van der Waals surface area contributed by atoms with Crippen molar-refractivity contribution in [3.8, 4) is 11.5 Å². The number of morpholine rings is 1. The molecular weight excluding hydrogens is 396 g/mol. The van der Waals surface area contributed by atoms with Gasteiger partial charge in [0.05, 0.1) is 27.4 Å². The Balaban J connectivity index is 1.64. The highest BCUT2D eigenvalue weighted by Gasteiger charge is 2.26. The Morgan fingerprint density at radius 1 is 1.10 bits per heavy atom. The van der Waals surface area contributed by atoms with E-state index in [2.05, 4.69) is 14.8 Å². The summed E-state index contributed by atoms with van der Waals surface area (Å²) in [7, 11) is 3.37. The fourth-order valence-corrected chi connectivity index (χ4v) is 4.49. The molecule has 0 aliphatic carbocycles. The standard InChI is InChI=1S/C23H32N4O4/c1-29-19-7-8-20(30-2)17(15-19)14-18-6-4-3-5-9-27(18)23-24-21(16-22(28)25-23)26-10-12-31-13-11-26/h7-8,15-16,18H,3-6,9-14H2,1-2H3,(H,24,25,28). The third-order valence-electron chi connectivity index (χ3n) is 6.14. The minimum Gasteiger partial charge on any atom is -0.497 e. The number of hydrogen-bond donors (Lipinski definition) is 1. The fourth-order valence-electron chi connectivity index (χ4n) is 4.49. The molecule has 8 heteroatoms. The van der Waals surface area contributed by atoms with E-state index in [-0.39, 0.29) is 11.6 Å². The lowest BCUT2D eigenvalue weighted by molar-refractivity contribution is 0.122. The summed E-state index contributed by atoms with van der Waals surface area (Å²) in [5, 5.41) is 0. The van der Waals surface area contributed by atoms with E-state index in [0.717, 1.165) is 68.2 Å². The summed E-state index contributed by atoms with van der Waals surface area (Å²) in [5.41, 5.74) is 0.985. The first kappa shape index (κ1) is 21.5. The number of nitrogens with one attached hydrogen (secondary N) is 1. The lowest BCUT2D eigenvalue weighted by Gasteiger charge is -2.33. The molecule has 2 aliphatic rings. The van der Waals surface area contributed by atoms with E-state index in [1.54, 1.807) is 20.3 Å². The van der Waals surface area contributed by atoms with E-state index in [1.165, 1.54) is 6.42 Å². The van der Waals surface area contributed by atoms with Crippen LogP contribution in [0.1, 0.15) is 31.2 Å². The number of anilines is 2. The van der Waals surface area contributed by atoms with E-state index >= 15 is 0 Å². The molecule has 0 radical (unpaired) electrons. The van der Waals surface area contributed by atoms with Gasteiger partial charge in [0.2, 0.25) is 5.95 Å². The van der Waals surface area contributed by atoms with Crippen molar-refractivity contribution in [2.45, 2.75) is 38.1 Å². The summed E-state index contributed by atoms with van der Waals surface area (Å²) in [4.78, 5) is 24.8. The SMILES string of the molecule is COc1ccc(OC)c(CC2CCCCCN2c2nc(N3CCOCC3)cc(=O)[nH]2)c1. The molecule has 2 aliphatic heterocycles. The van der Waals surface area contributed by atoms with Gasteiger partial charge in [-0.05, 0) is 43.0 Å². The van der Waals surface area contributed by atoms with Crippen molar-refractivity contribution in [1.29, 1.82) is 0 Å². The summed E-state index contributed by atoms with van der Waals surface area (Å²) in [6, 6.07) is 7.72. The maximum atomic E-state index is 12.5. The second-order valence-corrected chi connectivity index (χ2v) is 8.11. The average Bonchev–Trinajstić information content (AvgIpc) is 3.04. The van der Waals surface area contributed by atoms with Crippen LogP contribution in [-0.2, 0) is 11.2 Å². The largest absolute Gasteiger partial charge is 0.497 e. The molecule has 31 heavy (non-hydrogen) atoms. The molecule has 1 unspecified atom stereocenters. The number of ether oxygens (including phenoxy) is 3. The highest BCUT2D eigenvalue weighted by atomic mass is 16.5. The minimum absolute atomic E-state index is 0.117. The highest BCUT2D eigenvalue weighted by molar-refractivity contribution is 5.46. The molecule has 2 fully saturated rings. The van der Waals surface area contributed by atoms with Crippen molar-refractivity contribution < 1.29 is 14.2 Å². The molecule has 1 aromatic heterocycles. The second kappa shape index (κ2) is 10.0. The van der Waals surface area contributed by atoms with Crippen LogP contribution in [0, 0.1) is 0 Å². The Morgan fingerprint density at radius 2 is 1.94 bits per heavy atom. The normalized spacial score (nSPS) is 19.7. The number of aromatic nitrogens is 2. The van der Waals surface area contributed by atoms with E-state index < -0.39 is 0 Å². The third kappa shape index (κ3) is 5.12. The number of nitrogens with zero attached hydrogens (tertiary/aromatic N) is 3. The molecule has 8 nitrogen and oxygen atoms in total. The Labute approximate surface area is 183 Å². The van der Waals surface area contributed by atoms with Crippen molar-refractivity contribution >= 4 is 11.8 Å². The zero-order valence-electron chi connectivity index (χ0n) is 18.4. The summed E-state index contributed by atoms with van der Waals surface area (Å²) in [5.74, 6) is 3.05. The van der Waals surface area contributed by atoms with Gasteiger partial charge >= 0.3 is 0 Å². The van der Waals surface area contributed by atoms with Gasteiger partial charge in [-0.3, -0.25) is 9.78 Å². The van der Waals surface area contributed by atoms with Gasteiger partial charge in [0.1, 0.15) is 17.3 Å². The summed E-state index contributed by atoms with van der Waals surface area (Å²) < 4.78 is 16.5. The minimum atomic E-state index is -0.117. The molecule has 1 N–H and O–H groups in total. The molecule has 4 rings (SSSR count). The molecule has 3 heterocycles. The molecule has 0 bridgehead atoms. The van der Waals surface area contributed by atoms with Crippen LogP contribution in [0.4, 0.5) is 11.8 Å². The molecule has 168 valence electrons. The van der Waals surface area contributed by atoms with Crippen LogP contribution in [0.25, 0.3) is 0 Å². The second-order valence-electron chi connectivity index (χ2n) is 8.11. The maximum Gasteiger partial charge on any atom is 0.254 e. The third-order valence-corrected chi connectivity index (χ3v) is 6.14. The van der Waals surface area contributed by atoms with Gasteiger partial charge in [-0.15, -0.1) is 0 Å². The van der Waals surface area contributed by atoms with Crippen molar-refractivity contribution in [1.82, 2.24) is 9.97 Å². The molecule has 2 saturated heterocycles. The van der Waals surface area contributed by atoms with Gasteiger partial charge in [0, 0.05) is 31.7 Å².